The van der Waals surface area contributed by atoms with Gasteiger partial charge in [-0.3, -0.25) is 23.7 Å². The van der Waals surface area contributed by atoms with E-state index in [1.807, 2.05) is 41.4 Å². The van der Waals surface area contributed by atoms with Crippen molar-refractivity contribution in [2.45, 2.75) is 98.8 Å². The molecule has 4 aromatic heterocycles. The van der Waals surface area contributed by atoms with Crippen LogP contribution in [0.25, 0.3) is 22.1 Å². The van der Waals surface area contributed by atoms with Crippen LogP contribution < -0.4 is 5.32 Å². The number of esters is 1. The number of methoxy groups -OCH3 is 1. The minimum Gasteiger partial charge on any atom is -0.481 e. The molecular weight excluding hydrogens is 929 g/mol. The molecule has 0 aliphatic carbocycles. The summed E-state index contributed by atoms with van der Waals surface area (Å²) in [4.78, 5) is 49.0. The maximum atomic E-state index is 13.0. The topological polar surface area (TPSA) is 230 Å². The Hall–Kier alpha value is -8.06. The van der Waals surface area contributed by atoms with Crippen LogP contribution in [0.4, 0.5) is 0 Å². The Morgan fingerprint density at radius 3 is 1.71 bits per heavy atom. The third-order valence-electron chi connectivity index (χ3n) is 13.6. The molecule has 2 aliphatic rings. The molecule has 73 heavy (non-hydrogen) atoms. The second-order valence-corrected chi connectivity index (χ2v) is 18.1. The number of aromatic carboxylic acids is 1. The number of carbonyl (C=O) groups excluding carboxylic acids is 2. The summed E-state index contributed by atoms with van der Waals surface area (Å²) in [7, 11) is 4.91. The molecule has 0 bridgehead atoms. The molecule has 0 spiro atoms. The van der Waals surface area contributed by atoms with Gasteiger partial charge in [0, 0.05) is 71.0 Å². The number of fused-ring (bicyclic) bond motifs is 4. The van der Waals surface area contributed by atoms with Gasteiger partial charge < -0.3 is 25.2 Å². The molecule has 1 amide bonds. The number of amides is 1. The van der Waals surface area contributed by atoms with Crippen LogP contribution in [0.1, 0.15) is 123 Å². The Kier molecular flexibility index (Phi) is 16.6. The number of nitrogens with one attached hydrogen (secondary N) is 1. The van der Waals surface area contributed by atoms with E-state index in [-0.39, 0.29) is 43.3 Å². The monoisotopic (exact) mass is 993 g/mol. The molecule has 2 atom stereocenters. The number of benzene rings is 4. The fourth-order valence-electron chi connectivity index (χ4n) is 9.73. The van der Waals surface area contributed by atoms with Crippen LogP contribution in [-0.2, 0) is 67.4 Å². The summed E-state index contributed by atoms with van der Waals surface area (Å²) in [5, 5.41) is 46.6. The van der Waals surface area contributed by atoms with Crippen molar-refractivity contribution in [3.05, 3.63) is 152 Å². The summed E-state index contributed by atoms with van der Waals surface area (Å²) in [5.41, 5.74) is 15.2. The summed E-state index contributed by atoms with van der Waals surface area (Å²) in [6, 6.07) is 24.1. The predicted molar refractivity (Wildman–Crippen MR) is 275 cm³/mol. The van der Waals surface area contributed by atoms with Gasteiger partial charge in [-0.1, -0.05) is 66.4 Å². The summed E-state index contributed by atoms with van der Waals surface area (Å²) < 4.78 is 11.8. The normalized spacial score (nSPS) is 13.6. The number of hydrogen-bond acceptors (Lipinski definition) is 12. The van der Waals surface area contributed by atoms with Crippen LogP contribution in [0.3, 0.4) is 0 Å². The fraction of sp³-hybridized carbons (Fsp3) is 0.370. The number of aryl methyl sites for hydroxylation is 6. The first-order valence-corrected chi connectivity index (χ1v) is 24.1. The lowest BCUT2D eigenvalue weighted by Crippen LogP contribution is -2.36. The van der Waals surface area contributed by atoms with E-state index in [1.54, 1.807) is 42.1 Å². The lowest BCUT2D eigenvalue weighted by atomic mass is 9.83. The van der Waals surface area contributed by atoms with Gasteiger partial charge in [0.15, 0.2) is 5.69 Å². The molecule has 10 rings (SSSR count). The average molecular weight is 993 g/mol. The summed E-state index contributed by atoms with van der Waals surface area (Å²) in [6.45, 7) is 12.6. The third kappa shape index (κ3) is 11.5. The second kappa shape index (κ2) is 23.0. The molecule has 0 saturated heterocycles. The van der Waals surface area contributed by atoms with Gasteiger partial charge in [-0.05, 0) is 127 Å². The highest BCUT2D eigenvalue weighted by molar-refractivity contribution is 5.92. The summed E-state index contributed by atoms with van der Waals surface area (Å²) in [5.74, 6) is -2.57. The standard InChI is InChI=1S/C26H28N6O3.C22H26N4O2.C5H6N2O2.CH4/c1-4-32-23-8-7-20(16(2)25(23)27-29-32)21(14-24(33)34)18-6-5-17-9-12-31(15-19(17)13-18)26(35)22-10-11-30(3)28-22;1-4-26-20-8-7-18(14(2)22(20)24-25-26)19(12-21(27)28-3)16-6-5-15-9-10-23-13-17(15)11-16;1-7-3-2-4(6-7)5(8)9;/h5-8,10-11,13,21H,4,9,12,14-15H2,1-3H3,(H,33,34);5-8,11,19,23H,4,9-10,12-13H2,1-3H3;2-3H,1H3,(H,8,9);1H4. The number of hydrogen-bond donors (Lipinski definition) is 3. The largest absolute Gasteiger partial charge is 0.481 e. The van der Waals surface area contributed by atoms with Crippen molar-refractivity contribution in [3.8, 4) is 0 Å². The first kappa shape index (κ1) is 52.8. The Balaban J connectivity index is 0.000000183. The molecule has 382 valence electrons. The first-order chi connectivity index (χ1) is 34.7. The van der Waals surface area contributed by atoms with E-state index >= 15 is 0 Å². The molecule has 8 aromatic rings. The summed E-state index contributed by atoms with van der Waals surface area (Å²) in [6.07, 6.45) is 5.41. The highest BCUT2D eigenvalue weighted by atomic mass is 16.5. The number of carboxylic acids is 2. The molecular formula is C54H64N12O7. The van der Waals surface area contributed by atoms with Crippen molar-refractivity contribution < 1.29 is 34.1 Å². The van der Waals surface area contributed by atoms with Crippen LogP contribution in [0, 0.1) is 13.8 Å². The predicted octanol–water partition coefficient (Wildman–Crippen LogP) is 7.15. The number of carboxylic acid groups (broad SMARTS) is 2. The molecule has 0 fully saturated rings. The Labute approximate surface area is 423 Å². The number of carbonyl (C=O) groups is 4. The van der Waals surface area contributed by atoms with Gasteiger partial charge in [0.1, 0.15) is 16.7 Å². The van der Waals surface area contributed by atoms with Gasteiger partial charge in [-0.2, -0.15) is 10.2 Å². The lowest BCUT2D eigenvalue weighted by Gasteiger charge is -2.29. The zero-order valence-electron chi connectivity index (χ0n) is 41.7. The minimum atomic E-state index is -0.990. The van der Waals surface area contributed by atoms with Crippen LogP contribution in [0.15, 0.2) is 85.2 Å². The molecule has 3 N–H and O–H groups in total. The number of ether oxygens (including phenoxy) is 1. The zero-order valence-corrected chi connectivity index (χ0v) is 41.7. The van der Waals surface area contributed by atoms with Crippen LogP contribution in [-0.4, -0.2) is 109 Å². The number of aromatic nitrogens is 10. The zero-order chi connectivity index (χ0) is 51.2. The van der Waals surface area contributed by atoms with Gasteiger partial charge in [-0.25, -0.2) is 14.2 Å². The highest BCUT2D eigenvalue weighted by Gasteiger charge is 2.28. The van der Waals surface area contributed by atoms with Gasteiger partial charge in [0.05, 0.1) is 31.0 Å². The van der Waals surface area contributed by atoms with E-state index in [0.29, 0.717) is 31.7 Å². The Bertz CT molecular complexity index is 3290. The van der Waals surface area contributed by atoms with E-state index in [2.05, 4.69) is 92.5 Å². The van der Waals surface area contributed by atoms with Crippen molar-refractivity contribution in [2.24, 2.45) is 14.1 Å². The van der Waals surface area contributed by atoms with Crippen molar-refractivity contribution in [1.82, 2.24) is 59.8 Å². The SMILES string of the molecule is C.CCn1nnc2c(C)c(C(CC(=O)O)c3ccc4c(c3)CN(C(=O)c3ccn(C)n3)CC4)ccc21.CCn1nnc2c(C)c(C(CC(=O)OC)c3ccc4c(c3)CNCC4)ccc21.Cn1ccc(C(=O)O)n1. The van der Waals surface area contributed by atoms with Crippen molar-refractivity contribution in [1.29, 1.82) is 0 Å². The molecule has 19 heteroatoms. The molecule has 0 radical (unpaired) electrons. The Morgan fingerprint density at radius 1 is 0.685 bits per heavy atom. The van der Waals surface area contributed by atoms with E-state index in [0.717, 1.165) is 93.5 Å². The Morgan fingerprint density at radius 2 is 1.22 bits per heavy atom. The van der Waals surface area contributed by atoms with Crippen molar-refractivity contribution in [2.75, 3.05) is 20.2 Å². The van der Waals surface area contributed by atoms with E-state index < -0.39 is 11.9 Å². The fourth-order valence-corrected chi connectivity index (χ4v) is 9.73. The molecule has 4 aromatic carbocycles. The maximum absolute atomic E-state index is 13.0. The quantitative estimate of drug-likeness (QED) is 0.103. The van der Waals surface area contributed by atoms with Gasteiger partial charge in [-0.15, -0.1) is 10.2 Å². The lowest BCUT2D eigenvalue weighted by molar-refractivity contribution is -0.141. The minimum absolute atomic E-state index is 0. The van der Waals surface area contributed by atoms with Gasteiger partial charge in [0.25, 0.3) is 5.91 Å². The van der Waals surface area contributed by atoms with Crippen LogP contribution >= 0.6 is 0 Å². The third-order valence-corrected chi connectivity index (χ3v) is 13.6. The van der Waals surface area contributed by atoms with Crippen LogP contribution in [0.5, 0.6) is 0 Å². The van der Waals surface area contributed by atoms with E-state index in [1.165, 1.54) is 34.5 Å². The smallest absolute Gasteiger partial charge is 0.356 e. The summed E-state index contributed by atoms with van der Waals surface area (Å²) >= 11 is 0. The van der Waals surface area contributed by atoms with E-state index in [4.69, 9.17) is 9.84 Å². The molecule has 2 aliphatic heterocycles. The number of rotatable bonds is 12. The van der Waals surface area contributed by atoms with Crippen molar-refractivity contribution >= 4 is 45.9 Å². The number of nitrogens with zero attached hydrogens (tertiary/aromatic N) is 11. The number of aliphatic carboxylic acids is 1. The highest BCUT2D eigenvalue weighted by Crippen LogP contribution is 2.37. The average Bonchev–Trinajstić information content (AvgIpc) is 4.22. The molecule has 0 saturated carbocycles. The molecule has 6 heterocycles. The van der Waals surface area contributed by atoms with Gasteiger partial charge >= 0.3 is 17.9 Å². The first-order valence-electron chi connectivity index (χ1n) is 24.1. The van der Waals surface area contributed by atoms with Crippen LogP contribution in [0.2, 0.25) is 0 Å². The molecule has 19 nitrogen and oxygen atoms in total. The maximum Gasteiger partial charge on any atom is 0.356 e. The second-order valence-electron chi connectivity index (χ2n) is 18.1. The van der Waals surface area contributed by atoms with Crippen molar-refractivity contribution in [3.63, 3.8) is 0 Å². The van der Waals surface area contributed by atoms with Gasteiger partial charge in [0.2, 0.25) is 0 Å². The molecule has 2 unspecified atom stereocenters. The van der Waals surface area contributed by atoms with E-state index in [9.17, 15) is 24.3 Å².